The second-order valence-electron chi connectivity index (χ2n) is 17.2. The molecule has 0 aliphatic rings. The SMILES string of the molecule is CCCCCCCCC/C=C/CC/C=C/CC/C=C/C(O)C(CO)NC(=O)CCCCCCCCCCCCCCCCCCCCCCCCCCCCC. The van der Waals surface area contributed by atoms with Crippen LogP contribution in [0.15, 0.2) is 36.5 Å². The normalized spacial score (nSPS) is 13.1. The van der Waals surface area contributed by atoms with Crippen LogP contribution in [0.25, 0.3) is 0 Å². The zero-order valence-electron chi connectivity index (χ0n) is 37.9. The van der Waals surface area contributed by atoms with Crippen LogP contribution in [0, 0.1) is 0 Å². The highest BCUT2D eigenvalue weighted by Gasteiger charge is 2.17. The average molecular weight is 786 g/mol. The molecule has 0 spiro atoms. The van der Waals surface area contributed by atoms with Gasteiger partial charge in [-0.25, -0.2) is 0 Å². The molecule has 0 aromatic rings. The van der Waals surface area contributed by atoms with E-state index in [1.165, 1.54) is 212 Å². The van der Waals surface area contributed by atoms with Gasteiger partial charge in [-0.2, -0.15) is 0 Å². The van der Waals surface area contributed by atoms with Crippen LogP contribution < -0.4 is 5.32 Å². The highest BCUT2D eigenvalue weighted by molar-refractivity contribution is 5.76. The minimum absolute atomic E-state index is 0.0736. The predicted octanol–water partition coefficient (Wildman–Crippen LogP) is 16.1. The molecule has 0 bridgehead atoms. The summed E-state index contributed by atoms with van der Waals surface area (Å²) in [6, 6.07) is -0.643. The Morgan fingerprint density at radius 2 is 0.696 bits per heavy atom. The molecule has 0 aliphatic carbocycles. The van der Waals surface area contributed by atoms with E-state index in [1.54, 1.807) is 6.08 Å². The van der Waals surface area contributed by atoms with Crippen molar-refractivity contribution < 1.29 is 15.0 Å². The molecule has 0 fully saturated rings. The lowest BCUT2D eigenvalue weighted by molar-refractivity contribution is -0.123. The van der Waals surface area contributed by atoms with Gasteiger partial charge in [0, 0.05) is 6.42 Å². The number of carbonyl (C=O) groups excluding carboxylic acids is 1. The van der Waals surface area contributed by atoms with Gasteiger partial charge < -0.3 is 15.5 Å². The zero-order chi connectivity index (χ0) is 40.7. The van der Waals surface area contributed by atoms with E-state index in [2.05, 4.69) is 43.5 Å². The van der Waals surface area contributed by atoms with Crippen LogP contribution in [0.5, 0.6) is 0 Å². The minimum Gasteiger partial charge on any atom is -0.394 e. The third-order valence-electron chi connectivity index (χ3n) is 11.6. The van der Waals surface area contributed by atoms with E-state index in [9.17, 15) is 15.0 Å². The van der Waals surface area contributed by atoms with Crippen molar-refractivity contribution >= 4 is 5.91 Å². The van der Waals surface area contributed by atoms with Gasteiger partial charge in [0.05, 0.1) is 18.8 Å². The molecule has 56 heavy (non-hydrogen) atoms. The lowest BCUT2D eigenvalue weighted by atomic mass is 10.0. The number of aliphatic hydroxyl groups is 2. The topological polar surface area (TPSA) is 69.6 Å². The Bertz CT molecular complexity index is 851. The van der Waals surface area contributed by atoms with Gasteiger partial charge in [-0.15, -0.1) is 0 Å². The summed E-state index contributed by atoms with van der Waals surface area (Å²) in [4.78, 5) is 12.4. The van der Waals surface area contributed by atoms with Gasteiger partial charge in [0.25, 0.3) is 0 Å². The maximum absolute atomic E-state index is 12.4. The standard InChI is InChI=1S/C52H99NO3/c1-3-5-7-9-11-13-15-17-19-21-22-23-24-25-26-27-28-29-30-32-34-36-38-40-42-44-46-48-52(56)53-50(49-54)51(55)47-45-43-41-39-37-35-33-31-20-18-16-14-12-10-8-6-4-2/h20,31,37,39,45,47,50-51,54-55H,3-19,21-30,32-36,38,40-44,46,48-49H2,1-2H3,(H,53,56)/b31-20+,39-37+,47-45+. The summed E-state index contributed by atoms with van der Waals surface area (Å²) < 4.78 is 0. The number of hydrogen-bond acceptors (Lipinski definition) is 3. The van der Waals surface area contributed by atoms with Crippen molar-refractivity contribution in [2.24, 2.45) is 0 Å². The number of unbranched alkanes of at least 4 members (excludes halogenated alkanes) is 35. The van der Waals surface area contributed by atoms with E-state index >= 15 is 0 Å². The van der Waals surface area contributed by atoms with E-state index < -0.39 is 12.1 Å². The van der Waals surface area contributed by atoms with Gasteiger partial charge in [-0.05, 0) is 44.9 Å². The summed E-state index contributed by atoms with van der Waals surface area (Å²) >= 11 is 0. The quantitative estimate of drug-likeness (QED) is 0.0425. The maximum atomic E-state index is 12.4. The van der Waals surface area contributed by atoms with E-state index in [4.69, 9.17) is 0 Å². The molecular weight excluding hydrogens is 687 g/mol. The van der Waals surface area contributed by atoms with Gasteiger partial charge >= 0.3 is 0 Å². The van der Waals surface area contributed by atoms with Crippen molar-refractivity contribution in [3.63, 3.8) is 0 Å². The summed E-state index contributed by atoms with van der Waals surface area (Å²) in [5.74, 6) is -0.0736. The number of rotatable bonds is 46. The first-order valence-electron chi connectivity index (χ1n) is 25.2. The highest BCUT2D eigenvalue weighted by Crippen LogP contribution is 2.17. The Kier molecular flexibility index (Phi) is 46.8. The summed E-state index contributed by atoms with van der Waals surface area (Å²) in [6.45, 7) is 4.31. The monoisotopic (exact) mass is 786 g/mol. The first-order valence-corrected chi connectivity index (χ1v) is 25.2. The molecule has 4 nitrogen and oxygen atoms in total. The molecular formula is C52H99NO3. The van der Waals surface area contributed by atoms with Crippen LogP contribution in [0.1, 0.15) is 271 Å². The zero-order valence-corrected chi connectivity index (χ0v) is 37.9. The van der Waals surface area contributed by atoms with Crippen LogP contribution in [0.3, 0.4) is 0 Å². The van der Waals surface area contributed by atoms with Crippen molar-refractivity contribution in [3.8, 4) is 0 Å². The molecule has 0 saturated carbocycles. The second-order valence-corrected chi connectivity index (χ2v) is 17.2. The maximum Gasteiger partial charge on any atom is 0.220 e. The first kappa shape index (κ1) is 54.6. The Hall–Kier alpha value is -1.39. The summed E-state index contributed by atoms with van der Waals surface area (Å²) in [7, 11) is 0. The fraction of sp³-hybridized carbons (Fsp3) is 0.865. The number of allylic oxidation sites excluding steroid dienone is 5. The smallest absolute Gasteiger partial charge is 0.220 e. The Morgan fingerprint density at radius 3 is 1.04 bits per heavy atom. The molecule has 0 aromatic carbocycles. The molecule has 2 unspecified atom stereocenters. The van der Waals surface area contributed by atoms with E-state index in [0.717, 1.165) is 38.5 Å². The largest absolute Gasteiger partial charge is 0.394 e. The van der Waals surface area contributed by atoms with E-state index in [0.29, 0.717) is 6.42 Å². The van der Waals surface area contributed by atoms with Crippen molar-refractivity contribution in [2.45, 2.75) is 283 Å². The third-order valence-corrected chi connectivity index (χ3v) is 11.6. The predicted molar refractivity (Wildman–Crippen MR) is 248 cm³/mol. The van der Waals surface area contributed by atoms with Crippen molar-refractivity contribution in [3.05, 3.63) is 36.5 Å². The van der Waals surface area contributed by atoms with Gasteiger partial charge in [0.2, 0.25) is 5.91 Å². The lowest BCUT2D eigenvalue weighted by Crippen LogP contribution is -2.45. The third kappa shape index (κ3) is 43.7. The van der Waals surface area contributed by atoms with Crippen molar-refractivity contribution in [1.29, 1.82) is 0 Å². The molecule has 0 heterocycles. The van der Waals surface area contributed by atoms with Crippen LogP contribution in [-0.2, 0) is 4.79 Å². The van der Waals surface area contributed by atoms with Crippen molar-refractivity contribution in [2.75, 3.05) is 6.61 Å². The number of hydrogen-bond donors (Lipinski definition) is 3. The molecule has 330 valence electrons. The molecule has 0 rings (SSSR count). The fourth-order valence-electron chi connectivity index (χ4n) is 7.74. The number of aliphatic hydroxyl groups excluding tert-OH is 2. The number of amides is 1. The summed E-state index contributed by atoms with van der Waals surface area (Å²) in [5, 5.41) is 23.0. The summed E-state index contributed by atoms with van der Waals surface area (Å²) in [6.07, 6.45) is 64.3. The average Bonchev–Trinajstić information content (AvgIpc) is 3.20. The Morgan fingerprint density at radius 1 is 0.411 bits per heavy atom. The highest BCUT2D eigenvalue weighted by atomic mass is 16.3. The van der Waals surface area contributed by atoms with Crippen molar-refractivity contribution in [1.82, 2.24) is 5.32 Å². The number of carbonyl (C=O) groups is 1. The van der Waals surface area contributed by atoms with E-state index in [1.807, 2.05) is 6.08 Å². The first-order chi connectivity index (χ1) is 27.7. The van der Waals surface area contributed by atoms with Crippen LogP contribution >= 0.6 is 0 Å². The van der Waals surface area contributed by atoms with Gasteiger partial charge in [-0.1, -0.05) is 256 Å². The molecule has 2 atom stereocenters. The molecule has 3 N–H and O–H groups in total. The minimum atomic E-state index is -0.867. The summed E-state index contributed by atoms with van der Waals surface area (Å²) in [5.41, 5.74) is 0. The van der Waals surface area contributed by atoms with E-state index in [-0.39, 0.29) is 12.5 Å². The molecule has 0 saturated heterocycles. The number of nitrogens with one attached hydrogen (secondary N) is 1. The van der Waals surface area contributed by atoms with Gasteiger partial charge in [-0.3, -0.25) is 4.79 Å². The van der Waals surface area contributed by atoms with Crippen LogP contribution in [0.4, 0.5) is 0 Å². The Balaban J connectivity index is 3.51. The fourth-order valence-corrected chi connectivity index (χ4v) is 7.74. The molecule has 0 aliphatic heterocycles. The molecule has 0 radical (unpaired) electrons. The lowest BCUT2D eigenvalue weighted by Gasteiger charge is -2.19. The van der Waals surface area contributed by atoms with Crippen LogP contribution in [0.2, 0.25) is 0 Å². The molecule has 4 heteroatoms. The van der Waals surface area contributed by atoms with Gasteiger partial charge in [0.1, 0.15) is 0 Å². The molecule has 0 aromatic heterocycles. The van der Waals surface area contributed by atoms with Gasteiger partial charge in [0.15, 0.2) is 0 Å². The second kappa shape index (κ2) is 48.0. The van der Waals surface area contributed by atoms with Crippen LogP contribution in [-0.4, -0.2) is 34.9 Å². The Labute approximate surface area is 351 Å². The molecule has 1 amide bonds.